The lowest BCUT2D eigenvalue weighted by atomic mass is 10.3. The van der Waals surface area contributed by atoms with Crippen LogP contribution in [0.1, 0.15) is 19.8 Å². The summed E-state index contributed by atoms with van der Waals surface area (Å²) in [5, 5.41) is 2.30. The molecule has 1 atom stereocenters. The molecule has 0 spiro atoms. The fourth-order valence-corrected chi connectivity index (χ4v) is 0.988. The molecule has 0 rings (SSSR count). The summed E-state index contributed by atoms with van der Waals surface area (Å²) in [6.45, 7) is 5.12. The van der Waals surface area contributed by atoms with Gasteiger partial charge >= 0.3 is 6.18 Å². The highest BCUT2D eigenvalue weighted by Crippen LogP contribution is 2.12. The van der Waals surface area contributed by atoms with Crippen LogP contribution in [-0.2, 0) is 4.74 Å². The van der Waals surface area contributed by atoms with Crippen molar-refractivity contribution in [1.82, 2.24) is 5.32 Å². The summed E-state index contributed by atoms with van der Waals surface area (Å²) < 4.78 is 40.5. The number of rotatable bonds is 8. The summed E-state index contributed by atoms with van der Waals surface area (Å²) in [5.74, 6) is 0. The highest BCUT2D eigenvalue weighted by atomic mass is 19.4. The summed E-state index contributed by atoms with van der Waals surface area (Å²) in [7, 11) is 0. The van der Waals surface area contributed by atoms with Crippen LogP contribution in [-0.4, -0.2) is 32.0 Å². The first kappa shape index (κ1) is 14.5. The summed E-state index contributed by atoms with van der Waals surface area (Å²) >= 11 is 0. The summed E-state index contributed by atoms with van der Waals surface area (Å²) in [5.41, 5.74) is 0. The molecule has 0 aromatic carbocycles. The Morgan fingerprint density at radius 3 is 2.67 bits per heavy atom. The van der Waals surface area contributed by atoms with Crippen molar-refractivity contribution >= 4 is 0 Å². The fraction of sp³-hybridized carbons (Fsp3) is 0.800. The first-order chi connectivity index (χ1) is 6.95. The van der Waals surface area contributed by atoms with Gasteiger partial charge in [-0.05, 0) is 19.8 Å². The highest BCUT2D eigenvalue weighted by molar-refractivity contribution is 4.65. The molecule has 0 saturated heterocycles. The minimum absolute atomic E-state index is 0.197. The van der Waals surface area contributed by atoms with Crippen molar-refractivity contribution in [3.05, 3.63) is 12.7 Å². The second kappa shape index (κ2) is 7.70. The third-order valence-corrected chi connectivity index (χ3v) is 1.71. The van der Waals surface area contributed by atoms with E-state index in [2.05, 4.69) is 11.9 Å². The molecule has 0 aliphatic carbocycles. The largest absolute Gasteiger partial charge is 0.401 e. The van der Waals surface area contributed by atoms with Crippen LogP contribution in [0.2, 0.25) is 0 Å². The zero-order chi connectivity index (χ0) is 11.7. The van der Waals surface area contributed by atoms with E-state index < -0.39 is 12.7 Å². The zero-order valence-electron chi connectivity index (χ0n) is 8.94. The van der Waals surface area contributed by atoms with Crippen LogP contribution < -0.4 is 5.32 Å². The van der Waals surface area contributed by atoms with Crippen LogP contribution in [0.5, 0.6) is 0 Å². The molecule has 0 aromatic heterocycles. The second-order valence-corrected chi connectivity index (χ2v) is 3.36. The van der Waals surface area contributed by atoms with Crippen LogP contribution in [0.25, 0.3) is 0 Å². The Morgan fingerprint density at radius 1 is 1.47 bits per heavy atom. The topological polar surface area (TPSA) is 21.3 Å². The highest BCUT2D eigenvalue weighted by Gasteiger charge is 2.26. The molecule has 0 aromatic rings. The maximum Gasteiger partial charge on any atom is 0.401 e. The number of alkyl halides is 3. The van der Waals surface area contributed by atoms with Gasteiger partial charge in [0.15, 0.2) is 0 Å². The van der Waals surface area contributed by atoms with Crippen molar-refractivity contribution in [3.63, 3.8) is 0 Å². The number of hydrogen-bond acceptors (Lipinski definition) is 2. The standard InChI is InChI=1S/C10H18F3NO/c1-3-4-5-6-15-9(2)7-14-8-10(11,12)13/h3,9,14H,1,4-8H2,2H3. The van der Waals surface area contributed by atoms with E-state index in [1.165, 1.54) is 0 Å². The van der Waals surface area contributed by atoms with Gasteiger partial charge in [0.1, 0.15) is 0 Å². The van der Waals surface area contributed by atoms with Crippen LogP contribution >= 0.6 is 0 Å². The Labute approximate surface area is 88.5 Å². The SMILES string of the molecule is C=CCCCOC(C)CNCC(F)(F)F. The third-order valence-electron chi connectivity index (χ3n) is 1.71. The minimum Gasteiger partial charge on any atom is -0.377 e. The molecule has 0 aliphatic heterocycles. The van der Waals surface area contributed by atoms with Crippen molar-refractivity contribution in [2.24, 2.45) is 0 Å². The van der Waals surface area contributed by atoms with Crippen molar-refractivity contribution in [2.75, 3.05) is 19.7 Å². The monoisotopic (exact) mass is 225 g/mol. The Balaban J connectivity index is 3.33. The fourth-order valence-electron chi connectivity index (χ4n) is 0.988. The van der Waals surface area contributed by atoms with E-state index in [0.717, 1.165) is 12.8 Å². The van der Waals surface area contributed by atoms with Gasteiger partial charge < -0.3 is 10.1 Å². The zero-order valence-corrected chi connectivity index (χ0v) is 8.94. The van der Waals surface area contributed by atoms with Gasteiger partial charge in [0.25, 0.3) is 0 Å². The van der Waals surface area contributed by atoms with E-state index in [4.69, 9.17) is 4.74 Å². The third kappa shape index (κ3) is 11.4. The lowest BCUT2D eigenvalue weighted by molar-refractivity contribution is -0.125. The number of unbranched alkanes of at least 4 members (excludes halogenated alkanes) is 1. The lowest BCUT2D eigenvalue weighted by Crippen LogP contribution is -2.34. The predicted octanol–water partition coefficient (Wildman–Crippen LogP) is 2.51. The molecular weight excluding hydrogens is 207 g/mol. The van der Waals surface area contributed by atoms with Gasteiger partial charge in [0, 0.05) is 13.2 Å². The van der Waals surface area contributed by atoms with E-state index in [1.807, 2.05) is 0 Å². The van der Waals surface area contributed by atoms with Gasteiger partial charge in [-0.15, -0.1) is 6.58 Å². The molecule has 0 aliphatic rings. The van der Waals surface area contributed by atoms with Crippen molar-refractivity contribution < 1.29 is 17.9 Å². The summed E-state index contributed by atoms with van der Waals surface area (Å²) in [4.78, 5) is 0. The molecule has 5 heteroatoms. The molecular formula is C10H18F3NO. The first-order valence-corrected chi connectivity index (χ1v) is 4.95. The van der Waals surface area contributed by atoms with Crippen LogP contribution in [0.15, 0.2) is 12.7 Å². The lowest BCUT2D eigenvalue weighted by Gasteiger charge is -2.14. The van der Waals surface area contributed by atoms with E-state index >= 15 is 0 Å². The van der Waals surface area contributed by atoms with Crippen molar-refractivity contribution in [1.29, 1.82) is 0 Å². The quantitative estimate of drug-likeness (QED) is 0.506. The molecule has 0 radical (unpaired) electrons. The first-order valence-electron chi connectivity index (χ1n) is 4.95. The Morgan fingerprint density at radius 2 is 2.13 bits per heavy atom. The summed E-state index contributed by atoms with van der Waals surface area (Å²) in [6, 6.07) is 0. The number of nitrogens with one attached hydrogen (secondary N) is 1. The molecule has 0 fully saturated rings. The van der Waals surface area contributed by atoms with Gasteiger partial charge in [0.05, 0.1) is 12.6 Å². The number of ether oxygens (including phenoxy) is 1. The molecule has 0 heterocycles. The van der Waals surface area contributed by atoms with E-state index in [1.54, 1.807) is 13.0 Å². The smallest absolute Gasteiger partial charge is 0.377 e. The van der Waals surface area contributed by atoms with Crippen LogP contribution in [0.3, 0.4) is 0 Å². The number of hydrogen-bond donors (Lipinski definition) is 1. The molecule has 90 valence electrons. The van der Waals surface area contributed by atoms with Gasteiger partial charge in [-0.2, -0.15) is 13.2 Å². The molecule has 2 nitrogen and oxygen atoms in total. The molecule has 0 saturated carbocycles. The molecule has 0 bridgehead atoms. The van der Waals surface area contributed by atoms with Gasteiger partial charge in [0.2, 0.25) is 0 Å². The van der Waals surface area contributed by atoms with E-state index in [9.17, 15) is 13.2 Å². The predicted molar refractivity (Wildman–Crippen MR) is 53.8 cm³/mol. The molecule has 1 N–H and O–H groups in total. The average Bonchev–Trinajstić information content (AvgIpc) is 2.10. The number of allylic oxidation sites excluding steroid dienone is 1. The molecule has 15 heavy (non-hydrogen) atoms. The normalized spacial score (nSPS) is 13.9. The summed E-state index contributed by atoms with van der Waals surface area (Å²) in [6.07, 6.45) is -0.842. The number of halogens is 3. The molecule has 0 amide bonds. The Hall–Kier alpha value is -0.550. The second-order valence-electron chi connectivity index (χ2n) is 3.36. The van der Waals surface area contributed by atoms with Gasteiger partial charge in [-0.25, -0.2) is 0 Å². The van der Waals surface area contributed by atoms with Crippen LogP contribution in [0.4, 0.5) is 13.2 Å². The van der Waals surface area contributed by atoms with Crippen LogP contribution in [0, 0.1) is 0 Å². The van der Waals surface area contributed by atoms with Gasteiger partial charge in [-0.1, -0.05) is 6.08 Å². The van der Waals surface area contributed by atoms with E-state index in [0.29, 0.717) is 6.61 Å². The van der Waals surface area contributed by atoms with Crippen molar-refractivity contribution in [3.8, 4) is 0 Å². The Kier molecular flexibility index (Phi) is 7.42. The molecule has 1 unspecified atom stereocenters. The minimum atomic E-state index is -4.15. The van der Waals surface area contributed by atoms with Gasteiger partial charge in [-0.3, -0.25) is 0 Å². The maximum absolute atomic E-state index is 11.7. The van der Waals surface area contributed by atoms with E-state index in [-0.39, 0.29) is 12.6 Å². The van der Waals surface area contributed by atoms with Crippen molar-refractivity contribution in [2.45, 2.75) is 32.0 Å². The maximum atomic E-state index is 11.7. The average molecular weight is 225 g/mol. The Bertz CT molecular complexity index is 171.